The molecule has 2 aromatic carbocycles. The molecule has 1 atom stereocenters. The van der Waals surface area contributed by atoms with E-state index in [2.05, 4.69) is 10.1 Å². The van der Waals surface area contributed by atoms with Crippen molar-refractivity contribution in [1.82, 2.24) is 10.1 Å². The van der Waals surface area contributed by atoms with E-state index in [1.54, 1.807) is 25.3 Å². The van der Waals surface area contributed by atoms with Crippen molar-refractivity contribution in [3.63, 3.8) is 0 Å². The van der Waals surface area contributed by atoms with Crippen molar-refractivity contribution >= 4 is 0 Å². The predicted octanol–water partition coefficient (Wildman–Crippen LogP) is 3.53. The van der Waals surface area contributed by atoms with E-state index in [-0.39, 0.29) is 11.7 Å². The van der Waals surface area contributed by atoms with E-state index in [9.17, 15) is 4.39 Å². The zero-order valence-electron chi connectivity index (χ0n) is 13.7. The summed E-state index contributed by atoms with van der Waals surface area (Å²) < 4.78 is 30.2. The summed E-state index contributed by atoms with van der Waals surface area (Å²) >= 11 is 0. The van der Waals surface area contributed by atoms with E-state index in [0.29, 0.717) is 30.3 Å². The molecule has 128 valence electrons. The number of fused-ring (bicyclic) bond motifs is 1. The van der Waals surface area contributed by atoms with Gasteiger partial charge in [0, 0.05) is 6.42 Å². The van der Waals surface area contributed by atoms with E-state index in [4.69, 9.17) is 14.0 Å². The van der Waals surface area contributed by atoms with Crippen LogP contribution in [0.15, 0.2) is 47.0 Å². The maximum Gasteiger partial charge on any atom is 0.233 e. The summed E-state index contributed by atoms with van der Waals surface area (Å²) in [5.41, 5.74) is 1.59. The van der Waals surface area contributed by atoms with Gasteiger partial charge in [-0.15, -0.1) is 0 Å². The van der Waals surface area contributed by atoms with Crippen LogP contribution >= 0.6 is 0 Å². The summed E-state index contributed by atoms with van der Waals surface area (Å²) in [6, 6.07) is 12.3. The van der Waals surface area contributed by atoms with Crippen LogP contribution in [0.2, 0.25) is 0 Å². The van der Waals surface area contributed by atoms with Crippen LogP contribution in [0.1, 0.15) is 28.8 Å². The van der Waals surface area contributed by atoms with Gasteiger partial charge in [0.1, 0.15) is 23.9 Å². The summed E-state index contributed by atoms with van der Waals surface area (Å²) in [7, 11) is 1.63. The Balaban J connectivity index is 1.51. The smallest absolute Gasteiger partial charge is 0.233 e. The number of rotatable bonds is 4. The van der Waals surface area contributed by atoms with Crippen molar-refractivity contribution in [3.8, 4) is 11.5 Å². The zero-order valence-corrected chi connectivity index (χ0v) is 13.7. The normalized spacial score (nSPS) is 16.2. The maximum absolute atomic E-state index is 13.8. The third-order valence-electron chi connectivity index (χ3n) is 4.31. The van der Waals surface area contributed by atoms with E-state index >= 15 is 0 Å². The summed E-state index contributed by atoms with van der Waals surface area (Å²) in [4.78, 5) is 4.43. The Bertz CT molecular complexity index is 894. The van der Waals surface area contributed by atoms with Crippen LogP contribution in [0.3, 0.4) is 0 Å². The number of benzene rings is 2. The topological polar surface area (TPSA) is 57.4 Å². The van der Waals surface area contributed by atoms with Crippen molar-refractivity contribution < 1.29 is 18.4 Å². The Hall–Kier alpha value is -2.89. The standard InChI is InChI=1S/C19H17FN2O3/c1-23-15-6-7-17-13(9-15)8-14(11-24-17)19-21-18(22-25-19)10-12-4-2-3-5-16(12)20/h2-7,9,14H,8,10-11H2,1H3/t14-/m0/s1. The van der Waals surface area contributed by atoms with Crippen molar-refractivity contribution in [1.29, 1.82) is 0 Å². The second-order valence-corrected chi connectivity index (χ2v) is 6.00. The Morgan fingerprint density at radius 3 is 2.96 bits per heavy atom. The summed E-state index contributed by atoms with van der Waals surface area (Å²) in [5.74, 6) is 2.32. The fraction of sp³-hybridized carbons (Fsp3) is 0.263. The van der Waals surface area contributed by atoms with Crippen LogP contribution in [-0.2, 0) is 12.8 Å². The lowest BCUT2D eigenvalue weighted by molar-refractivity contribution is 0.229. The first kappa shape index (κ1) is 15.6. The highest BCUT2D eigenvalue weighted by Gasteiger charge is 2.26. The molecule has 0 spiro atoms. The van der Waals surface area contributed by atoms with Crippen molar-refractivity contribution in [3.05, 3.63) is 71.1 Å². The molecule has 6 heteroatoms. The molecule has 0 aliphatic carbocycles. The van der Waals surface area contributed by atoms with E-state index in [1.807, 2.05) is 18.2 Å². The Morgan fingerprint density at radius 1 is 1.24 bits per heavy atom. The number of nitrogens with zero attached hydrogens (tertiary/aromatic N) is 2. The highest BCUT2D eigenvalue weighted by molar-refractivity contribution is 5.42. The van der Waals surface area contributed by atoms with Gasteiger partial charge in [-0.3, -0.25) is 0 Å². The molecule has 1 aromatic heterocycles. The first-order chi connectivity index (χ1) is 12.2. The summed E-state index contributed by atoms with van der Waals surface area (Å²) in [6.45, 7) is 0.473. The quantitative estimate of drug-likeness (QED) is 0.727. The number of halogens is 1. The minimum Gasteiger partial charge on any atom is -0.497 e. The number of hydrogen-bond donors (Lipinski definition) is 0. The minimum atomic E-state index is -0.268. The van der Waals surface area contributed by atoms with E-state index in [1.165, 1.54) is 6.07 Å². The average molecular weight is 340 g/mol. The molecule has 0 unspecified atom stereocenters. The van der Waals surface area contributed by atoms with Crippen LogP contribution in [0.25, 0.3) is 0 Å². The molecule has 5 nitrogen and oxygen atoms in total. The van der Waals surface area contributed by atoms with Crippen LogP contribution in [0, 0.1) is 5.82 Å². The van der Waals surface area contributed by atoms with Gasteiger partial charge in [-0.2, -0.15) is 4.98 Å². The molecule has 0 N–H and O–H groups in total. The Kier molecular flexibility index (Phi) is 4.09. The molecular weight excluding hydrogens is 323 g/mol. The first-order valence-corrected chi connectivity index (χ1v) is 8.08. The predicted molar refractivity (Wildman–Crippen MR) is 88.4 cm³/mol. The van der Waals surface area contributed by atoms with Gasteiger partial charge < -0.3 is 14.0 Å². The molecule has 2 heterocycles. The molecule has 0 saturated carbocycles. The van der Waals surface area contributed by atoms with Gasteiger partial charge in [-0.1, -0.05) is 23.4 Å². The van der Waals surface area contributed by atoms with Crippen molar-refractivity contribution in [2.24, 2.45) is 0 Å². The van der Waals surface area contributed by atoms with E-state index < -0.39 is 0 Å². The average Bonchev–Trinajstić information content (AvgIpc) is 3.11. The molecule has 1 aliphatic heterocycles. The summed E-state index contributed by atoms with van der Waals surface area (Å²) in [6.07, 6.45) is 1.03. The Morgan fingerprint density at radius 2 is 2.12 bits per heavy atom. The molecule has 0 fully saturated rings. The maximum atomic E-state index is 13.8. The largest absolute Gasteiger partial charge is 0.497 e. The second kappa shape index (κ2) is 6.55. The van der Waals surface area contributed by atoms with Gasteiger partial charge in [0.25, 0.3) is 0 Å². The fourth-order valence-corrected chi connectivity index (χ4v) is 2.97. The van der Waals surface area contributed by atoms with Gasteiger partial charge in [0.05, 0.1) is 13.0 Å². The highest BCUT2D eigenvalue weighted by atomic mass is 19.1. The Labute approximate surface area is 144 Å². The van der Waals surface area contributed by atoms with Crippen LogP contribution in [0.5, 0.6) is 11.5 Å². The second-order valence-electron chi connectivity index (χ2n) is 6.00. The van der Waals surface area contributed by atoms with E-state index in [0.717, 1.165) is 23.5 Å². The number of aromatic nitrogens is 2. The third-order valence-corrected chi connectivity index (χ3v) is 4.31. The first-order valence-electron chi connectivity index (χ1n) is 8.08. The van der Waals surface area contributed by atoms with Crippen molar-refractivity contribution in [2.45, 2.75) is 18.8 Å². The molecular formula is C19H17FN2O3. The molecule has 25 heavy (non-hydrogen) atoms. The lowest BCUT2D eigenvalue weighted by Crippen LogP contribution is -2.19. The van der Waals surface area contributed by atoms with Crippen LogP contribution in [-0.4, -0.2) is 23.9 Å². The number of methoxy groups -OCH3 is 1. The molecule has 1 aliphatic rings. The lowest BCUT2D eigenvalue weighted by atomic mass is 9.96. The van der Waals surface area contributed by atoms with Crippen LogP contribution < -0.4 is 9.47 Å². The molecule has 0 radical (unpaired) electrons. The molecule has 4 rings (SSSR count). The zero-order chi connectivity index (χ0) is 17.2. The van der Waals surface area contributed by atoms with Gasteiger partial charge >= 0.3 is 0 Å². The monoisotopic (exact) mass is 340 g/mol. The van der Waals surface area contributed by atoms with Gasteiger partial charge in [-0.25, -0.2) is 4.39 Å². The molecule has 0 amide bonds. The van der Waals surface area contributed by atoms with Gasteiger partial charge in [0.2, 0.25) is 5.89 Å². The van der Waals surface area contributed by atoms with Gasteiger partial charge in [-0.05, 0) is 41.8 Å². The highest BCUT2D eigenvalue weighted by Crippen LogP contribution is 2.34. The van der Waals surface area contributed by atoms with Crippen molar-refractivity contribution in [2.75, 3.05) is 13.7 Å². The number of hydrogen-bond acceptors (Lipinski definition) is 5. The number of ether oxygens (including phenoxy) is 2. The molecule has 3 aromatic rings. The molecule has 0 bridgehead atoms. The third kappa shape index (κ3) is 3.20. The summed E-state index contributed by atoms with van der Waals surface area (Å²) in [5, 5.41) is 3.98. The molecule has 0 saturated heterocycles. The lowest BCUT2D eigenvalue weighted by Gasteiger charge is -2.23. The minimum absolute atomic E-state index is 0.0264. The SMILES string of the molecule is COc1ccc2c(c1)C[C@H](c1nc(Cc3ccccc3F)no1)CO2. The van der Waals surface area contributed by atoms with Crippen LogP contribution in [0.4, 0.5) is 4.39 Å². The fourth-order valence-electron chi connectivity index (χ4n) is 2.97. The van der Waals surface area contributed by atoms with Gasteiger partial charge in [0.15, 0.2) is 5.82 Å².